The molecule has 1 aromatic carbocycles. The SMILES string of the molecule is CCCC(N)C(=O)N1CCNC(=O)C1c1ccccc1. The highest BCUT2D eigenvalue weighted by atomic mass is 16.2. The van der Waals surface area contributed by atoms with Gasteiger partial charge in [-0.1, -0.05) is 43.7 Å². The first-order valence-electron chi connectivity index (χ1n) is 7.04. The number of hydrogen-bond acceptors (Lipinski definition) is 3. The summed E-state index contributed by atoms with van der Waals surface area (Å²) in [5, 5.41) is 2.81. The van der Waals surface area contributed by atoms with Crippen molar-refractivity contribution in [2.75, 3.05) is 13.1 Å². The number of hydrogen-bond donors (Lipinski definition) is 2. The first-order chi connectivity index (χ1) is 9.65. The zero-order chi connectivity index (χ0) is 14.5. The Balaban J connectivity index is 2.25. The molecule has 108 valence electrons. The molecule has 2 rings (SSSR count). The normalized spacial score (nSPS) is 20.4. The Hall–Kier alpha value is -1.88. The second kappa shape index (κ2) is 6.52. The summed E-state index contributed by atoms with van der Waals surface area (Å²) in [6.45, 7) is 2.97. The van der Waals surface area contributed by atoms with E-state index < -0.39 is 12.1 Å². The standard InChI is InChI=1S/C15H21N3O2/c1-2-6-12(16)15(20)18-10-9-17-14(19)13(18)11-7-4-3-5-8-11/h3-5,7-8,12-13H,2,6,9-10,16H2,1H3,(H,17,19). The van der Waals surface area contributed by atoms with Crippen LogP contribution in [-0.4, -0.2) is 35.8 Å². The number of nitrogens with zero attached hydrogens (tertiary/aromatic N) is 1. The van der Waals surface area contributed by atoms with Gasteiger partial charge < -0.3 is 16.0 Å². The van der Waals surface area contributed by atoms with Gasteiger partial charge in [-0.3, -0.25) is 9.59 Å². The molecular formula is C15H21N3O2. The maximum Gasteiger partial charge on any atom is 0.247 e. The number of amides is 2. The van der Waals surface area contributed by atoms with E-state index in [0.29, 0.717) is 19.5 Å². The molecule has 1 heterocycles. The van der Waals surface area contributed by atoms with Crippen molar-refractivity contribution in [1.82, 2.24) is 10.2 Å². The number of rotatable bonds is 4. The van der Waals surface area contributed by atoms with Gasteiger partial charge in [0.05, 0.1) is 6.04 Å². The van der Waals surface area contributed by atoms with Crippen molar-refractivity contribution >= 4 is 11.8 Å². The van der Waals surface area contributed by atoms with Crippen LogP contribution in [0.2, 0.25) is 0 Å². The van der Waals surface area contributed by atoms with E-state index in [1.807, 2.05) is 37.3 Å². The minimum absolute atomic E-state index is 0.139. The van der Waals surface area contributed by atoms with E-state index >= 15 is 0 Å². The molecule has 0 bridgehead atoms. The number of carbonyl (C=O) groups excluding carboxylic acids is 2. The van der Waals surface area contributed by atoms with Crippen molar-refractivity contribution in [3.8, 4) is 0 Å². The molecule has 3 N–H and O–H groups in total. The van der Waals surface area contributed by atoms with Crippen molar-refractivity contribution in [2.45, 2.75) is 31.8 Å². The third-order valence-electron chi connectivity index (χ3n) is 3.53. The Morgan fingerprint density at radius 3 is 2.80 bits per heavy atom. The summed E-state index contributed by atoms with van der Waals surface area (Å²) in [6.07, 6.45) is 1.49. The molecule has 0 aromatic heterocycles. The van der Waals surface area contributed by atoms with Gasteiger partial charge >= 0.3 is 0 Å². The van der Waals surface area contributed by atoms with Crippen LogP contribution in [-0.2, 0) is 9.59 Å². The average molecular weight is 275 g/mol. The summed E-state index contributed by atoms with van der Waals surface area (Å²) < 4.78 is 0. The van der Waals surface area contributed by atoms with Crippen LogP contribution in [0, 0.1) is 0 Å². The molecule has 1 aliphatic rings. The molecule has 20 heavy (non-hydrogen) atoms. The molecule has 5 heteroatoms. The van der Waals surface area contributed by atoms with E-state index in [-0.39, 0.29) is 11.8 Å². The second-order valence-corrected chi connectivity index (χ2v) is 5.03. The van der Waals surface area contributed by atoms with Gasteiger partial charge in [0.15, 0.2) is 0 Å². The van der Waals surface area contributed by atoms with Crippen molar-refractivity contribution in [2.24, 2.45) is 5.73 Å². The van der Waals surface area contributed by atoms with Crippen molar-refractivity contribution in [3.05, 3.63) is 35.9 Å². The van der Waals surface area contributed by atoms with Crippen LogP contribution in [0.1, 0.15) is 31.4 Å². The highest BCUT2D eigenvalue weighted by molar-refractivity contribution is 5.91. The van der Waals surface area contributed by atoms with E-state index in [9.17, 15) is 9.59 Å². The maximum atomic E-state index is 12.4. The smallest absolute Gasteiger partial charge is 0.247 e. The summed E-state index contributed by atoms with van der Waals surface area (Å²) in [7, 11) is 0. The average Bonchev–Trinajstić information content (AvgIpc) is 2.47. The monoisotopic (exact) mass is 275 g/mol. The third-order valence-corrected chi connectivity index (χ3v) is 3.53. The first kappa shape index (κ1) is 14.5. The zero-order valence-electron chi connectivity index (χ0n) is 11.7. The van der Waals surface area contributed by atoms with E-state index in [0.717, 1.165) is 12.0 Å². The molecule has 5 nitrogen and oxygen atoms in total. The van der Waals surface area contributed by atoms with Crippen molar-refractivity contribution in [3.63, 3.8) is 0 Å². The Bertz CT molecular complexity index is 475. The number of piperazine rings is 1. The van der Waals surface area contributed by atoms with E-state index in [4.69, 9.17) is 5.73 Å². The van der Waals surface area contributed by atoms with E-state index in [2.05, 4.69) is 5.32 Å². The first-order valence-corrected chi connectivity index (χ1v) is 7.04. The lowest BCUT2D eigenvalue weighted by Gasteiger charge is -2.36. The lowest BCUT2D eigenvalue weighted by molar-refractivity contribution is -0.144. The van der Waals surface area contributed by atoms with Gasteiger partial charge in [0.1, 0.15) is 6.04 Å². The number of carbonyl (C=O) groups is 2. The number of benzene rings is 1. The van der Waals surface area contributed by atoms with E-state index in [1.54, 1.807) is 4.90 Å². The van der Waals surface area contributed by atoms with Crippen molar-refractivity contribution < 1.29 is 9.59 Å². The van der Waals surface area contributed by atoms with Gasteiger partial charge in [0.25, 0.3) is 0 Å². The lowest BCUT2D eigenvalue weighted by Crippen LogP contribution is -2.55. The third kappa shape index (κ3) is 2.99. The maximum absolute atomic E-state index is 12.4. The molecule has 1 aliphatic heterocycles. The molecule has 0 saturated carbocycles. The van der Waals surface area contributed by atoms with Crippen LogP contribution in [0.3, 0.4) is 0 Å². The summed E-state index contributed by atoms with van der Waals surface area (Å²) >= 11 is 0. The summed E-state index contributed by atoms with van der Waals surface area (Å²) in [4.78, 5) is 26.2. The van der Waals surface area contributed by atoms with Crippen LogP contribution >= 0.6 is 0 Å². The predicted molar refractivity (Wildman–Crippen MR) is 76.8 cm³/mol. The molecule has 1 aromatic rings. The molecule has 2 atom stereocenters. The van der Waals surface area contributed by atoms with Gasteiger partial charge in [-0.05, 0) is 12.0 Å². The van der Waals surface area contributed by atoms with Crippen LogP contribution in [0.25, 0.3) is 0 Å². The zero-order valence-corrected chi connectivity index (χ0v) is 11.7. The molecule has 1 fully saturated rings. The van der Waals surface area contributed by atoms with Crippen LogP contribution < -0.4 is 11.1 Å². The molecule has 1 saturated heterocycles. The number of nitrogens with two attached hydrogens (primary N) is 1. The predicted octanol–water partition coefficient (Wildman–Crippen LogP) is 0.814. The summed E-state index contributed by atoms with van der Waals surface area (Å²) in [5.41, 5.74) is 6.74. The fourth-order valence-corrected chi connectivity index (χ4v) is 2.52. The fourth-order valence-electron chi connectivity index (χ4n) is 2.52. The van der Waals surface area contributed by atoms with Crippen molar-refractivity contribution in [1.29, 1.82) is 0 Å². The Morgan fingerprint density at radius 1 is 1.45 bits per heavy atom. The molecule has 0 radical (unpaired) electrons. The second-order valence-electron chi connectivity index (χ2n) is 5.03. The minimum atomic E-state index is -0.569. The quantitative estimate of drug-likeness (QED) is 0.854. The minimum Gasteiger partial charge on any atom is -0.352 e. The Morgan fingerprint density at radius 2 is 2.15 bits per heavy atom. The fraction of sp³-hybridized carbons (Fsp3) is 0.467. The van der Waals surface area contributed by atoms with Crippen LogP contribution in [0.5, 0.6) is 0 Å². The summed E-state index contributed by atoms with van der Waals surface area (Å²) in [6, 6.07) is 8.25. The van der Waals surface area contributed by atoms with Gasteiger partial charge in [-0.2, -0.15) is 0 Å². The van der Waals surface area contributed by atoms with Gasteiger partial charge in [-0.25, -0.2) is 0 Å². The molecule has 0 aliphatic carbocycles. The van der Waals surface area contributed by atoms with Crippen LogP contribution in [0.15, 0.2) is 30.3 Å². The Kier molecular flexibility index (Phi) is 4.74. The van der Waals surface area contributed by atoms with Gasteiger partial charge in [0, 0.05) is 13.1 Å². The molecule has 0 spiro atoms. The molecule has 2 amide bonds. The number of nitrogens with one attached hydrogen (secondary N) is 1. The van der Waals surface area contributed by atoms with Gasteiger partial charge in [-0.15, -0.1) is 0 Å². The summed E-state index contributed by atoms with van der Waals surface area (Å²) in [5.74, 6) is -0.282. The van der Waals surface area contributed by atoms with Crippen LogP contribution in [0.4, 0.5) is 0 Å². The lowest BCUT2D eigenvalue weighted by atomic mass is 10.0. The topological polar surface area (TPSA) is 75.4 Å². The Labute approximate surface area is 119 Å². The van der Waals surface area contributed by atoms with Gasteiger partial charge in [0.2, 0.25) is 11.8 Å². The highest BCUT2D eigenvalue weighted by Gasteiger charge is 2.35. The molecular weight excluding hydrogens is 254 g/mol. The molecule has 2 unspecified atom stereocenters. The largest absolute Gasteiger partial charge is 0.352 e. The van der Waals surface area contributed by atoms with E-state index in [1.165, 1.54) is 0 Å². The highest BCUT2D eigenvalue weighted by Crippen LogP contribution is 2.24.